The van der Waals surface area contributed by atoms with Gasteiger partial charge in [0.2, 0.25) is 10.0 Å². The van der Waals surface area contributed by atoms with Crippen LogP contribution in [-0.4, -0.2) is 31.9 Å². The Morgan fingerprint density at radius 3 is 2.64 bits per heavy atom. The quantitative estimate of drug-likeness (QED) is 0.875. The molecule has 0 saturated heterocycles. The summed E-state index contributed by atoms with van der Waals surface area (Å²) in [4.78, 5) is -0.219. The summed E-state index contributed by atoms with van der Waals surface area (Å²) in [5, 5.41) is 4.25. The first kappa shape index (κ1) is 16.4. The van der Waals surface area contributed by atoms with Crippen molar-refractivity contribution in [2.45, 2.75) is 25.3 Å². The number of nitrogens with one attached hydrogen (secondary N) is 1. The zero-order valence-electron chi connectivity index (χ0n) is 12.6. The van der Waals surface area contributed by atoms with Crippen LogP contribution < -0.4 is 9.46 Å². The maximum absolute atomic E-state index is 13.3. The van der Waals surface area contributed by atoms with Crippen LogP contribution in [0, 0.1) is 19.7 Å². The number of sulfonamides is 1. The van der Waals surface area contributed by atoms with Gasteiger partial charge in [-0.05, 0) is 38.1 Å². The van der Waals surface area contributed by atoms with E-state index in [0.717, 1.165) is 23.5 Å². The van der Waals surface area contributed by atoms with Gasteiger partial charge in [0.1, 0.15) is 16.5 Å². The minimum absolute atomic E-state index is 0.0972. The smallest absolute Gasteiger partial charge is 0.244 e. The number of benzene rings is 1. The number of nitrogens with zero attached hydrogens (tertiary/aromatic N) is 2. The molecule has 2 rings (SSSR count). The molecule has 0 bridgehead atoms. The highest BCUT2D eigenvalue weighted by atomic mass is 32.2. The summed E-state index contributed by atoms with van der Waals surface area (Å²) in [6.07, 6.45) is 0. The molecule has 0 unspecified atom stereocenters. The number of rotatable bonds is 6. The number of ether oxygens (including phenoxy) is 1. The van der Waals surface area contributed by atoms with E-state index in [4.69, 9.17) is 4.74 Å². The molecule has 0 spiro atoms. The van der Waals surface area contributed by atoms with Gasteiger partial charge in [-0.15, -0.1) is 0 Å². The predicted octanol–water partition coefficient (Wildman–Crippen LogP) is 1.63. The third kappa shape index (κ3) is 3.63. The molecule has 0 fully saturated rings. The van der Waals surface area contributed by atoms with Gasteiger partial charge < -0.3 is 4.74 Å². The van der Waals surface area contributed by atoms with E-state index >= 15 is 0 Å². The van der Waals surface area contributed by atoms with Crippen LogP contribution in [0.15, 0.2) is 29.2 Å². The van der Waals surface area contributed by atoms with Gasteiger partial charge >= 0.3 is 0 Å². The van der Waals surface area contributed by atoms with E-state index in [-0.39, 0.29) is 17.2 Å². The van der Waals surface area contributed by atoms with Crippen LogP contribution >= 0.6 is 0 Å². The van der Waals surface area contributed by atoms with E-state index in [1.165, 1.54) is 13.2 Å². The molecule has 0 saturated carbocycles. The fourth-order valence-corrected chi connectivity index (χ4v) is 3.33. The molecule has 8 heteroatoms. The fourth-order valence-electron chi connectivity index (χ4n) is 2.13. The van der Waals surface area contributed by atoms with Crippen molar-refractivity contribution < 1.29 is 17.5 Å². The Labute approximate surface area is 129 Å². The van der Waals surface area contributed by atoms with Gasteiger partial charge in [-0.3, -0.25) is 4.68 Å². The Morgan fingerprint density at radius 1 is 1.32 bits per heavy atom. The number of halogens is 1. The van der Waals surface area contributed by atoms with Crippen molar-refractivity contribution in [2.24, 2.45) is 0 Å². The average Bonchev–Trinajstić information content (AvgIpc) is 2.77. The Morgan fingerprint density at radius 2 is 2.05 bits per heavy atom. The minimum atomic E-state index is -3.86. The molecule has 22 heavy (non-hydrogen) atoms. The monoisotopic (exact) mass is 327 g/mol. The zero-order valence-corrected chi connectivity index (χ0v) is 13.4. The molecular formula is C14H18FN3O3S. The molecule has 0 radical (unpaired) electrons. The molecule has 6 nitrogen and oxygen atoms in total. The van der Waals surface area contributed by atoms with E-state index < -0.39 is 15.8 Å². The first-order valence-electron chi connectivity index (χ1n) is 6.68. The summed E-state index contributed by atoms with van der Waals surface area (Å²) in [5.74, 6) is -0.542. The third-order valence-electron chi connectivity index (χ3n) is 3.13. The molecule has 0 atom stereocenters. The number of methoxy groups -OCH3 is 1. The molecule has 1 heterocycles. The van der Waals surface area contributed by atoms with Crippen molar-refractivity contribution in [3.63, 3.8) is 0 Å². The summed E-state index contributed by atoms with van der Waals surface area (Å²) < 4.78 is 46.9. The maximum atomic E-state index is 13.3. The highest BCUT2D eigenvalue weighted by Crippen LogP contribution is 2.24. The lowest BCUT2D eigenvalue weighted by molar-refractivity contribution is 0.400. The minimum Gasteiger partial charge on any atom is -0.495 e. The molecule has 0 aliphatic carbocycles. The molecule has 0 aliphatic heterocycles. The van der Waals surface area contributed by atoms with Gasteiger partial charge in [0.05, 0.1) is 19.3 Å². The molecule has 2 aromatic rings. The fraction of sp³-hybridized carbons (Fsp3) is 0.357. The number of aryl methyl sites for hydroxylation is 2. The van der Waals surface area contributed by atoms with Gasteiger partial charge in [0, 0.05) is 12.2 Å². The van der Waals surface area contributed by atoms with Gasteiger partial charge in [-0.25, -0.2) is 17.5 Å². The SMILES string of the molecule is COc1ccc(F)cc1S(=O)(=O)NCCn1nc(C)cc1C. The number of hydrogen-bond donors (Lipinski definition) is 1. The molecule has 1 aromatic carbocycles. The average molecular weight is 327 g/mol. The number of aromatic nitrogens is 2. The topological polar surface area (TPSA) is 73.2 Å². The summed E-state index contributed by atoms with van der Waals surface area (Å²) in [7, 11) is -2.52. The summed E-state index contributed by atoms with van der Waals surface area (Å²) in [6, 6.07) is 5.27. The molecule has 0 aliphatic rings. The second-order valence-corrected chi connectivity index (χ2v) is 6.58. The van der Waals surface area contributed by atoms with Gasteiger partial charge in [0.15, 0.2) is 0 Å². The van der Waals surface area contributed by atoms with E-state index in [1.807, 2.05) is 19.9 Å². The van der Waals surface area contributed by atoms with E-state index in [1.54, 1.807) is 4.68 Å². The normalized spacial score (nSPS) is 11.6. The molecule has 1 aromatic heterocycles. The van der Waals surface area contributed by atoms with Crippen molar-refractivity contribution >= 4 is 10.0 Å². The van der Waals surface area contributed by atoms with Gasteiger partial charge in [0.25, 0.3) is 0 Å². The van der Waals surface area contributed by atoms with Crippen LogP contribution in [0.4, 0.5) is 4.39 Å². The maximum Gasteiger partial charge on any atom is 0.244 e. The number of hydrogen-bond acceptors (Lipinski definition) is 4. The van der Waals surface area contributed by atoms with Crippen LogP contribution in [-0.2, 0) is 16.6 Å². The highest BCUT2D eigenvalue weighted by molar-refractivity contribution is 7.89. The first-order valence-corrected chi connectivity index (χ1v) is 8.16. The lowest BCUT2D eigenvalue weighted by Gasteiger charge is -2.11. The first-order chi connectivity index (χ1) is 10.3. The Balaban J connectivity index is 2.11. The van der Waals surface area contributed by atoms with Crippen molar-refractivity contribution in [1.82, 2.24) is 14.5 Å². The lowest BCUT2D eigenvalue weighted by atomic mass is 10.3. The van der Waals surface area contributed by atoms with Crippen molar-refractivity contribution in [3.8, 4) is 5.75 Å². The zero-order chi connectivity index (χ0) is 16.3. The van der Waals surface area contributed by atoms with Crippen LogP contribution in [0.2, 0.25) is 0 Å². The summed E-state index contributed by atoms with van der Waals surface area (Å²) in [5.41, 5.74) is 1.81. The van der Waals surface area contributed by atoms with E-state index in [2.05, 4.69) is 9.82 Å². The summed E-state index contributed by atoms with van der Waals surface area (Å²) in [6.45, 7) is 4.29. The van der Waals surface area contributed by atoms with Gasteiger partial charge in [-0.2, -0.15) is 5.10 Å². The third-order valence-corrected chi connectivity index (χ3v) is 4.62. The lowest BCUT2D eigenvalue weighted by Crippen LogP contribution is -2.28. The second kappa shape index (κ2) is 6.45. The molecule has 120 valence electrons. The Hall–Kier alpha value is -1.93. The standard InChI is InChI=1S/C14H18FN3O3S/c1-10-8-11(2)18(17-10)7-6-16-22(19,20)14-9-12(15)4-5-13(14)21-3/h4-5,8-9,16H,6-7H2,1-3H3. The van der Waals surface area contributed by atoms with Crippen molar-refractivity contribution in [2.75, 3.05) is 13.7 Å². The van der Waals surface area contributed by atoms with Crippen molar-refractivity contribution in [1.29, 1.82) is 0 Å². The molecule has 1 N–H and O–H groups in total. The summed E-state index contributed by atoms with van der Waals surface area (Å²) >= 11 is 0. The second-order valence-electron chi connectivity index (χ2n) is 4.84. The van der Waals surface area contributed by atoms with Crippen LogP contribution in [0.3, 0.4) is 0 Å². The Kier molecular flexibility index (Phi) is 4.82. The highest BCUT2D eigenvalue weighted by Gasteiger charge is 2.20. The molecular weight excluding hydrogens is 309 g/mol. The Bertz CT molecular complexity index is 772. The van der Waals surface area contributed by atoms with Crippen LogP contribution in [0.25, 0.3) is 0 Å². The van der Waals surface area contributed by atoms with E-state index in [0.29, 0.717) is 6.54 Å². The largest absolute Gasteiger partial charge is 0.495 e. The van der Waals surface area contributed by atoms with Crippen LogP contribution in [0.1, 0.15) is 11.4 Å². The van der Waals surface area contributed by atoms with Crippen molar-refractivity contribution in [3.05, 3.63) is 41.5 Å². The van der Waals surface area contributed by atoms with Crippen LogP contribution in [0.5, 0.6) is 5.75 Å². The molecule has 0 amide bonds. The van der Waals surface area contributed by atoms with E-state index in [9.17, 15) is 12.8 Å². The predicted molar refractivity (Wildman–Crippen MR) is 79.8 cm³/mol. The van der Waals surface area contributed by atoms with Gasteiger partial charge in [-0.1, -0.05) is 0 Å².